The van der Waals surface area contributed by atoms with Crippen molar-refractivity contribution in [3.63, 3.8) is 0 Å². The molecule has 1 saturated heterocycles. The standard InChI is InChI=1S/C25H34ClN3OS/c1-2-3-8-29-22(12-23(30)27-21-6-4-20(26)5-7-21)16-31-24(29)28-25-13-17-9-18(14-25)11-19(10-17)15-25/h4-7,17-19,22H,2-3,8-16H2,1H3,(H,27,30). The van der Waals surface area contributed by atoms with Gasteiger partial charge >= 0.3 is 0 Å². The lowest BCUT2D eigenvalue weighted by molar-refractivity contribution is -0.116. The Morgan fingerprint density at radius 2 is 1.81 bits per heavy atom. The van der Waals surface area contributed by atoms with Gasteiger partial charge in [-0.1, -0.05) is 36.7 Å². The van der Waals surface area contributed by atoms with Crippen molar-refractivity contribution in [3.05, 3.63) is 29.3 Å². The molecule has 4 bridgehead atoms. The van der Waals surface area contributed by atoms with Crippen LogP contribution in [0.15, 0.2) is 29.3 Å². The van der Waals surface area contributed by atoms with Gasteiger partial charge in [0.25, 0.3) is 0 Å². The number of halogens is 1. The molecule has 1 heterocycles. The first-order chi connectivity index (χ1) is 15.0. The number of hydrogen-bond acceptors (Lipinski definition) is 3. The van der Waals surface area contributed by atoms with E-state index in [-0.39, 0.29) is 17.5 Å². The molecule has 0 spiro atoms. The van der Waals surface area contributed by atoms with E-state index in [1.165, 1.54) is 43.7 Å². The number of rotatable bonds is 7. The zero-order valence-corrected chi connectivity index (χ0v) is 20.1. The van der Waals surface area contributed by atoms with Gasteiger partial charge in [-0.3, -0.25) is 9.79 Å². The Morgan fingerprint density at radius 3 is 2.42 bits per heavy atom. The number of hydrogen-bond donors (Lipinski definition) is 1. The Labute approximate surface area is 195 Å². The van der Waals surface area contributed by atoms with Gasteiger partial charge in [-0.05, 0) is 87.0 Å². The Balaban J connectivity index is 1.28. The van der Waals surface area contributed by atoms with E-state index >= 15 is 0 Å². The van der Waals surface area contributed by atoms with Crippen molar-refractivity contribution in [1.29, 1.82) is 0 Å². The molecule has 31 heavy (non-hydrogen) atoms. The first-order valence-corrected chi connectivity index (χ1v) is 13.4. The molecule has 1 aromatic rings. The molecular formula is C25H34ClN3OS. The number of carbonyl (C=O) groups is 1. The van der Waals surface area contributed by atoms with E-state index in [1.807, 2.05) is 36.0 Å². The summed E-state index contributed by atoms with van der Waals surface area (Å²) in [6.45, 7) is 3.24. The van der Waals surface area contributed by atoms with Crippen LogP contribution in [0, 0.1) is 17.8 Å². The van der Waals surface area contributed by atoms with E-state index in [0.717, 1.165) is 48.6 Å². The Hall–Kier alpha value is -1.20. The van der Waals surface area contributed by atoms with Crippen molar-refractivity contribution < 1.29 is 4.79 Å². The predicted octanol–water partition coefficient (Wildman–Crippen LogP) is 6.21. The molecular weight excluding hydrogens is 426 g/mol. The lowest BCUT2D eigenvalue weighted by Crippen LogP contribution is -2.50. The van der Waals surface area contributed by atoms with Crippen LogP contribution >= 0.6 is 23.4 Å². The van der Waals surface area contributed by atoms with Crippen LogP contribution in [-0.4, -0.2) is 39.9 Å². The van der Waals surface area contributed by atoms with E-state index in [4.69, 9.17) is 16.6 Å². The first-order valence-electron chi connectivity index (χ1n) is 12.1. The van der Waals surface area contributed by atoms with Crippen LogP contribution in [0.25, 0.3) is 0 Å². The van der Waals surface area contributed by atoms with Crippen molar-refractivity contribution in [2.45, 2.75) is 76.3 Å². The Morgan fingerprint density at radius 1 is 1.16 bits per heavy atom. The third kappa shape index (κ3) is 4.78. The smallest absolute Gasteiger partial charge is 0.226 e. The van der Waals surface area contributed by atoms with Gasteiger partial charge in [0.2, 0.25) is 5.91 Å². The maximum Gasteiger partial charge on any atom is 0.226 e. The topological polar surface area (TPSA) is 44.7 Å². The first kappa shape index (κ1) is 21.6. The van der Waals surface area contributed by atoms with Gasteiger partial charge in [0.15, 0.2) is 5.17 Å². The van der Waals surface area contributed by atoms with Crippen molar-refractivity contribution >= 4 is 40.1 Å². The van der Waals surface area contributed by atoms with Gasteiger partial charge in [-0.15, -0.1) is 0 Å². The summed E-state index contributed by atoms with van der Waals surface area (Å²) in [5, 5.41) is 4.94. The molecule has 1 aliphatic heterocycles. The number of unbranched alkanes of at least 4 members (excludes halogenated alkanes) is 1. The van der Waals surface area contributed by atoms with Crippen LogP contribution in [0.2, 0.25) is 5.02 Å². The number of thioether (sulfide) groups is 1. The molecule has 4 aliphatic carbocycles. The molecule has 4 saturated carbocycles. The second-order valence-electron chi connectivity index (χ2n) is 10.3. The molecule has 5 aliphatic rings. The number of anilines is 1. The van der Waals surface area contributed by atoms with Crippen LogP contribution in [0.5, 0.6) is 0 Å². The van der Waals surface area contributed by atoms with E-state index in [9.17, 15) is 4.79 Å². The van der Waals surface area contributed by atoms with Crippen LogP contribution in [0.3, 0.4) is 0 Å². The largest absolute Gasteiger partial charge is 0.347 e. The monoisotopic (exact) mass is 459 g/mol. The minimum Gasteiger partial charge on any atom is -0.347 e. The summed E-state index contributed by atoms with van der Waals surface area (Å²) in [6.07, 6.45) is 11.1. The molecule has 168 valence electrons. The van der Waals surface area contributed by atoms with E-state index in [0.29, 0.717) is 11.4 Å². The highest BCUT2D eigenvalue weighted by Gasteiger charge is 2.51. The summed E-state index contributed by atoms with van der Waals surface area (Å²) in [5.41, 5.74) is 1.00. The summed E-state index contributed by atoms with van der Waals surface area (Å²) >= 11 is 7.85. The SMILES string of the molecule is CCCCN1C(=NC23CC4CC(CC(C4)C2)C3)SCC1CC(=O)Nc1ccc(Cl)cc1. The Kier molecular flexibility index (Phi) is 6.26. The Bertz CT molecular complexity index is 804. The summed E-state index contributed by atoms with van der Waals surface area (Å²) in [5.74, 6) is 3.76. The van der Waals surface area contributed by atoms with Gasteiger partial charge in [0, 0.05) is 35.5 Å². The normalized spacial score (nSPS) is 35.2. The van der Waals surface area contributed by atoms with Gasteiger partial charge in [0.1, 0.15) is 0 Å². The van der Waals surface area contributed by atoms with E-state index in [2.05, 4.69) is 17.1 Å². The second-order valence-corrected chi connectivity index (χ2v) is 11.7. The van der Waals surface area contributed by atoms with Crippen LogP contribution in [0.4, 0.5) is 5.69 Å². The average Bonchev–Trinajstić information content (AvgIpc) is 3.07. The zero-order valence-electron chi connectivity index (χ0n) is 18.5. The molecule has 1 aromatic carbocycles. The van der Waals surface area contributed by atoms with Crippen molar-refractivity contribution in [1.82, 2.24) is 4.90 Å². The molecule has 6 rings (SSSR count). The molecule has 6 heteroatoms. The van der Waals surface area contributed by atoms with Gasteiger partial charge in [-0.25, -0.2) is 0 Å². The van der Waals surface area contributed by atoms with Crippen LogP contribution < -0.4 is 5.32 Å². The predicted molar refractivity (Wildman–Crippen MR) is 131 cm³/mol. The number of amides is 1. The second kappa shape index (κ2) is 8.97. The van der Waals surface area contributed by atoms with E-state index < -0.39 is 0 Å². The van der Waals surface area contributed by atoms with Crippen molar-refractivity contribution in [2.24, 2.45) is 22.7 Å². The quantitative estimate of drug-likeness (QED) is 0.527. The van der Waals surface area contributed by atoms with Gasteiger partial charge in [0.05, 0.1) is 5.54 Å². The molecule has 1 atom stereocenters. The molecule has 1 unspecified atom stereocenters. The molecule has 4 nitrogen and oxygen atoms in total. The number of amidine groups is 1. The number of nitrogens with zero attached hydrogens (tertiary/aromatic N) is 2. The fourth-order valence-corrected chi connectivity index (χ4v) is 8.17. The van der Waals surface area contributed by atoms with Crippen LogP contribution in [0.1, 0.15) is 64.7 Å². The average molecular weight is 460 g/mol. The maximum absolute atomic E-state index is 12.8. The molecule has 1 amide bonds. The van der Waals surface area contributed by atoms with Gasteiger partial charge < -0.3 is 10.2 Å². The third-order valence-corrected chi connectivity index (χ3v) is 9.12. The number of nitrogens with one attached hydrogen (secondary N) is 1. The lowest BCUT2D eigenvalue weighted by atomic mass is 9.53. The molecule has 5 fully saturated rings. The summed E-state index contributed by atoms with van der Waals surface area (Å²) < 4.78 is 0. The van der Waals surface area contributed by atoms with Gasteiger partial charge in [-0.2, -0.15) is 0 Å². The number of carbonyl (C=O) groups excluding carboxylic acids is 1. The lowest BCUT2D eigenvalue weighted by Gasteiger charge is -2.55. The summed E-state index contributed by atoms with van der Waals surface area (Å²) in [7, 11) is 0. The summed E-state index contributed by atoms with van der Waals surface area (Å²) in [4.78, 5) is 20.7. The van der Waals surface area contributed by atoms with Crippen molar-refractivity contribution in [2.75, 3.05) is 17.6 Å². The maximum atomic E-state index is 12.8. The molecule has 0 aromatic heterocycles. The molecule has 0 radical (unpaired) electrons. The fourth-order valence-electron chi connectivity index (χ4n) is 6.74. The highest BCUT2D eigenvalue weighted by molar-refractivity contribution is 8.14. The summed E-state index contributed by atoms with van der Waals surface area (Å²) in [6, 6.07) is 7.58. The molecule has 1 N–H and O–H groups in total. The number of aliphatic imine (C=N–C) groups is 1. The van der Waals surface area contributed by atoms with Crippen molar-refractivity contribution in [3.8, 4) is 0 Å². The third-order valence-electron chi connectivity index (χ3n) is 7.73. The number of benzene rings is 1. The van der Waals surface area contributed by atoms with E-state index in [1.54, 1.807) is 0 Å². The highest BCUT2D eigenvalue weighted by Crippen LogP contribution is 2.57. The zero-order chi connectivity index (χ0) is 21.4. The minimum atomic E-state index is 0.0745. The van der Waals surface area contributed by atoms with Crippen LogP contribution in [-0.2, 0) is 4.79 Å². The fraction of sp³-hybridized carbons (Fsp3) is 0.680. The minimum absolute atomic E-state index is 0.0745. The highest BCUT2D eigenvalue weighted by atomic mass is 35.5.